The van der Waals surface area contributed by atoms with E-state index in [9.17, 15) is 15.0 Å². The molecular formula is C11H16N6O4. The summed E-state index contributed by atoms with van der Waals surface area (Å²) in [4.78, 5) is 18.1. The summed E-state index contributed by atoms with van der Waals surface area (Å²) < 4.78 is 6.67. The highest BCUT2D eigenvalue weighted by Crippen LogP contribution is 2.43. The van der Waals surface area contributed by atoms with Crippen molar-refractivity contribution in [2.45, 2.75) is 31.4 Å². The van der Waals surface area contributed by atoms with Gasteiger partial charge < -0.3 is 20.7 Å². The van der Waals surface area contributed by atoms with Gasteiger partial charge in [0.05, 0.1) is 12.7 Å². The molecule has 0 saturated carbocycles. The molecule has 2 rings (SSSR count). The molecule has 0 amide bonds. The summed E-state index contributed by atoms with van der Waals surface area (Å²) in [6, 6.07) is 1.41. The maximum atomic E-state index is 11.9. The number of azide groups is 1. The molecule has 10 nitrogen and oxygen atoms in total. The Morgan fingerprint density at radius 3 is 2.95 bits per heavy atom. The van der Waals surface area contributed by atoms with Gasteiger partial charge in [-0.15, -0.1) is 0 Å². The van der Waals surface area contributed by atoms with Crippen molar-refractivity contribution in [1.82, 2.24) is 9.55 Å². The highest BCUT2D eigenvalue weighted by atomic mass is 16.6. The van der Waals surface area contributed by atoms with Gasteiger partial charge in [0.15, 0.2) is 5.72 Å². The third kappa shape index (κ3) is 2.45. The number of aromatic nitrogens is 2. The predicted octanol–water partition coefficient (Wildman–Crippen LogP) is -0.260. The van der Waals surface area contributed by atoms with Gasteiger partial charge in [0.1, 0.15) is 12.0 Å². The summed E-state index contributed by atoms with van der Waals surface area (Å²) in [6.45, 7) is 1.08. The zero-order chi connectivity index (χ0) is 15.6. The van der Waals surface area contributed by atoms with E-state index in [1.54, 1.807) is 6.92 Å². The third-order valence-electron chi connectivity index (χ3n) is 3.60. The average molecular weight is 296 g/mol. The number of ether oxygens (including phenoxy) is 1. The lowest BCUT2D eigenvalue weighted by Crippen LogP contribution is -2.42. The van der Waals surface area contributed by atoms with Gasteiger partial charge in [-0.2, -0.15) is 4.98 Å². The number of aliphatic hydroxyl groups excluding tert-OH is 2. The van der Waals surface area contributed by atoms with Crippen LogP contribution in [0.25, 0.3) is 10.4 Å². The van der Waals surface area contributed by atoms with E-state index in [1.807, 2.05) is 0 Å². The number of hydrogen-bond donors (Lipinski definition) is 3. The molecule has 1 aliphatic rings. The van der Waals surface area contributed by atoms with Crippen LogP contribution in [0.4, 0.5) is 5.82 Å². The zero-order valence-corrected chi connectivity index (χ0v) is 11.3. The number of hydrogen-bond acceptors (Lipinski definition) is 7. The van der Waals surface area contributed by atoms with Crippen molar-refractivity contribution >= 4 is 5.82 Å². The number of nitrogens with zero attached hydrogens (tertiary/aromatic N) is 5. The van der Waals surface area contributed by atoms with Crippen molar-refractivity contribution in [1.29, 1.82) is 0 Å². The molecule has 0 aliphatic carbocycles. The summed E-state index contributed by atoms with van der Waals surface area (Å²) in [6.07, 6.45) is -0.347. The van der Waals surface area contributed by atoms with Crippen LogP contribution in [0.3, 0.4) is 0 Å². The van der Waals surface area contributed by atoms with Gasteiger partial charge in [0, 0.05) is 17.0 Å². The normalized spacial score (nSPS) is 31.9. The SMILES string of the molecule is CC[C@@H]1[C@H](n2ccc(N)nc2=O)O[C@@](CO)(N=[N+]=[N-])[C@H]1O. The minimum absolute atomic E-state index is 0.0614. The van der Waals surface area contributed by atoms with Crippen molar-refractivity contribution in [3.63, 3.8) is 0 Å². The van der Waals surface area contributed by atoms with Crippen LogP contribution >= 0.6 is 0 Å². The number of aliphatic hydroxyl groups is 2. The second kappa shape index (κ2) is 5.70. The Morgan fingerprint density at radius 2 is 2.43 bits per heavy atom. The Hall–Kier alpha value is -2.13. The van der Waals surface area contributed by atoms with Crippen LogP contribution in [0.5, 0.6) is 0 Å². The summed E-state index contributed by atoms with van der Waals surface area (Å²) in [5.41, 5.74) is 11.6. The molecule has 1 aromatic heterocycles. The second-order valence-corrected chi connectivity index (χ2v) is 4.76. The summed E-state index contributed by atoms with van der Waals surface area (Å²) in [5, 5.41) is 23.1. The van der Waals surface area contributed by atoms with E-state index < -0.39 is 36.3 Å². The monoisotopic (exact) mass is 296 g/mol. The van der Waals surface area contributed by atoms with E-state index >= 15 is 0 Å². The number of anilines is 1. The lowest BCUT2D eigenvalue weighted by molar-refractivity contribution is -0.124. The second-order valence-electron chi connectivity index (χ2n) is 4.76. The molecule has 0 radical (unpaired) electrons. The molecule has 0 aromatic carbocycles. The lowest BCUT2D eigenvalue weighted by atomic mass is 9.94. The third-order valence-corrected chi connectivity index (χ3v) is 3.60. The van der Waals surface area contributed by atoms with Crippen molar-refractivity contribution in [2.75, 3.05) is 12.3 Å². The fourth-order valence-electron chi connectivity index (χ4n) is 2.49. The van der Waals surface area contributed by atoms with Crippen LogP contribution in [-0.4, -0.2) is 38.2 Å². The van der Waals surface area contributed by atoms with E-state index in [0.29, 0.717) is 6.42 Å². The van der Waals surface area contributed by atoms with Crippen LogP contribution in [0, 0.1) is 5.92 Å². The van der Waals surface area contributed by atoms with Gasteiger partial charge in [0.25, 0.3) is 0 Å². The molecular weight excluding hydrogens is 280 g/mol. The molecule has 0 unspecified atom stereocenters. The van der Waals surface area contributed by atoms with Crippen LogP contribution in [0.1, 0.15) is 19.6 Å². The summed E-state index contributed by atoms with van der Waals surface area (Å²) in [5.74, 6) is -0.489. The van der Waals surface area contributed by atoms with Crippen molar-refractivity contribution in [2.24, 2.45) is 11.0 Å². The first kappa shape index (κ1) is 15.3. The quantitative estimate of drug-likeness (QED) is 0.394. The Kier molecular flexibility index (Phi) is 4.14. The van der Waals surface area contributed by atoms with Gasteiger partial charge in [-0.1, -0.05) is 12.0 Å². The molecule has 1 fully saturated rings. The highest BCUT2D eigenvalue weighted by Gasteiger charge is 2.54. The molecule has 1 aliphatic heterocycles. The summed E-state index contributed by atoms with van der Waals surface area (Å²) >= 11 is 0. The van der Waals surface area contributed by atoms with Crippen LogP contribution in [0.2, 0.25) is 0 Å². The standard InChI is InChI=1S/C11H16N6O4/c1-2-6-8(19)11(5-18,15-16-13)21-9(6)17-4-3-7(12)14-10(17)20/h3-4,6,8-9,18-19H,2,5H2,1H3,(H2,12,14,20)/t6-,8-,9+,11+/m0/s1. The summed E-state index contributed by atoms with van der Waals surface area (Å²) in [7, 11) is 0. The fourth-order valence-corrected chi connectivity index (χ4v) is 2.49. The van der Waals surface area contributed by atoms with E-state index in [4.69, 9.17) is 16.0 Å². The fraction of sp³-hybridized carbons (Fsp3) is 0.636. The maximum absolute atomic E-state index is 11.9. The minimum Gasteiger partial charge on any atom is -0.393 e. The molecule has 21 heavy (non-hydrogen) atoms. The molecule has 2 heterocycles. The van der Waals surface area contributed by atoms with E-state index in [1.165, 1.54) is 12.3 Å². The molecule has 0 spiro atoms. The maximum Gasteiger partial charge on any atom is 0.351 e. The van der Waals surface area contributed by atoms with Crippen molar-refractivity contribution in [3.05, 3.63) is 33.2 Å². The predicted molar refractivity (Wildman–Crippen MR) is 71.8 cm³/mol. The first-order chi connectivity index (χ1) is 9.99. The van der Waals surface area contributed by atoms with Gasteiger partial charge in [-0.05, 0) is 18.0 Å². The van der Waals surface area contributed by atoms with Crippen molar-refractivity contribution in [3.8, 4) is 0 Å². The molecule has 1 aromatic rings. The van der Waals surface area contributed by atoms with Gasteiger partial charge >= 0.3 is 5.69 Å². The van der Waals surface area contributed by atoms with E-state index in [2.05, 4.69) is 15.0 Å². The first-order valence-corrected chi connectivity index (χ1v) is 6.36. The van der Waals surface area contributed by atoms with E-state index in [0.717, 1.165) is 4.57 Å². The van der Waals surface area contributed by atoms with Crippen LogP contribution in [0.15, 0.2) is 22.2 Å². The highest BCUT2D eigenvalue weighted by molar-refractivity contribution is 5.23. The van der Waals surface area contributed by atoms with Gasteiger partial charge in [0.2, 0.25) is 0 Å². The molecule has 4 atom stereocenters. The zero-order valence-electron chi connectivity index (χ0n) is 11.3. The van der Waals surface area contributed by atoms with Crippen LogP contribution < -0.4 is 11.4 Å². The molecule has 114 valence electrons. The first-order valence-electron chi connectivity index (χ1n) is 6.36. The molecule has 10 heteroatoms. The lowest BCUT2D eigenvalue weighted by Gasteiger charge is -2.24. The van der Waals surface area contributed by atoms with E-state index in [-0.39, 0.29) is 5.82 Å². The Morgan fingerprint density at radius 1 is 1.71 bits per heavy atom. The topological polar surface area (TPSA) is 159 Å². The van der Waals surface area contributed by atoms with Gasteiger partial charge in [-0.3, -0.25) is 4.57 Å². The largest absolute Gasteiger partial charge is 0.393 e. The van der Waals surface area contributed by atoms with Gasteiger partial charge in [-0.25, -0.2) is 4.79 Å². The van der Waals surface area contributed by atoms with Crippen LogP contribution in [-0.2, 0) is 4.74 Å². The Bertz CT molecular complexity index is 627. The Labute approximate surface area is 119 Å². The molecule has 4 N–H and O–H groups in total. The average Bonchev–Trinajstić information content (AvgIpc) is 2.72. The van der Waals surface area contributed by atoms with Crippen molar-refractivity contribution < 1.29 is 14.9 Å². The molecule has 1 saturated heterocycles. The number of rotatable bonds is 4. The molecule has 0 bridgehead atoms. The minimum atomic E-state index is -1.82. The smallest absolute Gasteiger partial charge is 0.351 e. The number of nitrogen functional groups attached to an aromatic ring is 1. The number of nitrogens with two attached hydrogens (primary N) is 1. The Balaban J connectivity index is 2.49.